The minimum atomic E-state index is 0.205. The minimum Gasteiger partial charge on any atom is -0.396 e. The van der Waals surface area contributed by atoms with E-state index in [9.17, 15) is 5.41 Å². The molecular formula is C30H30N4O. The number of hydrogen-bond acceptors (Lipinski definition) is 3. The number of aliphatic hydroxyl groups excluding tert-OH is 1. The van der Waals surface area contributed by atoms with Gasteiger partial charge in [-0.2, -0.15) is 0 Å². The summed E-state index contributed by atoms with van der Waals surface area (Å²) in [5.74, 6) is 0. The predicted octanol–water partition coefficient (Wildman–Crippen LogP) is 5.86. The first-order chi connectivity index (χ1) is 17.3. The first-order valence-electron chi connectivity index (χ1n) is 12.2. The molecule has 0 atom stereocenters. The number of hydrogen-bond donors (Lipinski definition) is 2. The minimum absolute atomic E-state index is 0.205. The quantitative estimate of drug-likeness (QED) is 0.269. The van der Waals surface area contributed by atoms with E-state index in [1.54, 1.807) is 6.33 Å². The molecule has 0 aliphatic rings. The zero-order valence-electron chi connectivity index (χ0n) is 19.8. The van der Waals surface area contributed by atoms with Crippen LogP contribution in [0.5, 0.6) is 0 Å². The number of fused-ring (bicyclic) bond motifs is 1. The number of aromatic nitrogens is 3. The molecule has 0 aliphatic heterocycles. The van der Waals surface area contributed by atoms with Crippen LogP contribution in [-0.4, -0.2) is 25.8 Å². The molecule has 0 spiro atoms. The average molecular weight is 463 g/mol. The van der Waals surface area contributed by atoms with Crippen LogP contribution in [0, 0.1) is 5.41 Å². The number of rotatable bonds is 9. The van der Waals surface area contributed by atoms with Crippen LogP contribution >= 0.6 is 0 Å². The second kappa shape index (κ2) is 10.5. The highest BCUT2D eigenvalue weighted by Crippen LogP contribution is 2.39. The molecule has 0 radical (unpaired) electrons. The van der Waals surface area contributed by atoms with Gasteiger partial charge in [0, 0.05) is 25.3 Å². The van der Waals surface area contributed by atoms with Crippen LogP contribution in [0.3, 0.4) is 0 Å². The molecule has 5 nitrogen and oxygen atoms in total. The van der Waals surface area contributed by atoms with Gasteiger partial charge in [0.25, 0.3) is 0 Å². The topological polar surface area (TPSA) is 66.8 Å². The van der Waals surface area contributed by atoms with Gasteiger partial charge in [-0.25, -0.2) is 4.98 Å². The van der Waals surface area contributed by atoms with Gasteiger partial charge in [0.15, 0.2) is 0 Å². The lowest BCUT2D eigenvalue weighted by Gasteiger charge is -2.13. The van der Waals surface area contributed by atoms with Crippen molar-refractivity contribution >= 4 is 11.0 Å². The number of nitrogens with zero attached hydrogens (tertiary/aromatic N) is 3. The molecule has 3 aromatic carbocycles. The van der Waals surface area contributed by atoms with Gasteiger partial charge < -0.3 is 14.2 Å². The van der Waals surface area contributed by atoms with Crippen molar-refractivity contribution < 1.29 is 5.11 Å². The summed E-state index contributed by atoms with van der Waals surface area (Å²) in [4.78, 5) is 4.93. The SMILES string of the molecule is N=c1c2c(-c3ccccc3)c(-c3ccccc3)n(Cc3ccccc3)c2ncn1CCCCCO. The van der Waals surface area contributed by atoms with Crippen molar-refractivity contribution in [2.45, 2.75) is 32.4 Å². The maximum atomic E-state index is 9.22. The molecule has 2 heterocycles. The van der Waals surface area contributed by atoms with Gasteiger partial charge in [0.05, 0.1) is 17.4 Å². The Hall–Kier alpha value is -3.96. The molecule has 0 fully saturated rings. The number of aliphatic hydroxyl groups is 1. The maximum absolute atomic E-state index is 9.22. The van der Waals surface area contributed by atoms with Crippen LogP contribution in [0.15, 0.2) is 97.3 Å². The molecule has 176 valence electrons. The molecule has 0 aliphatic carbocycles. The van der Waals surface area contributed by atoms with Gasteiger partial charge in [-0.05, 0) is 36.0 Å². The smallest absolute Gasteiger partial charge is 0.146 e. The fourth-order valence-corrected chi connectivity index (χ4v) is 4.73. The standard InChI is InChI=1S/C30H30N4O/c31-29-27-26(24-15-7-2-8-16-24)28(25-17-9-3-10-18-25)34(21-23-13-5-1-6-14-23)30(27)32-22-33(29)19-11-4-12-20-35/h1-3,5-10,13-18,22,31,35H,4,11-12,19-21H2. The number of aryl methyl sites for hydroxylation is 1. The van der Waals surface area contributed by atoms with Crippen molar-refractivity contribution in [2.75, 3.05) is 6.61 Å². The first kappa shape index (κ1) is 22.8. The maximum Gasteiger partial charge on any atom is 0.146 e. The van der Waals surface area contributed by atoms with E-state index in [1.165, 1.54) is 5.56 Å². The molecule has 0 saturated carbocycles. The Morgan fingerprint density at radius 3 is 2.03 bits per heavy atom. The van der Waals surface area contributed by atoms with Crippen LogP contribution in [0.1, 0.15) is 24.8 Å². The Kier molecular flexibility index (Phi) is 6.87. The molecule has 2 aromatic heterocycles. The Balaban J connectivity index is 1.78. The van der Waals surface area contributed by atoms with Crippen molar-refractivity contribution in [3.8, 4) is 22.4 Å². The number of nitrogens with one attached hydrogen (secondary N) is 1. The Bertz CT molecular complexity index is 1460. The highest BCUT2D eigenvalue weighted by Gasteiger charge is 2.23. The highest BCUT2D eigenvalue weighted by atomic mass is 16.2. The summed E-state index contributed by atoms with van der Waals surface area (Å²) in [5.41, 5.74) is 6.80. The summed E-state index contributed by atoms with van der Waals surface area (Å²) in [5, 5.41) is 19.2. The molecule has 0 saturated heterocycles. The summed E-state index contributed by atoms with van der Waals surface area (Å²) in [7, 11) is 0. The van der Waals surface area contributed by atoms with Crippen LogP contribution in [0.25, 0.3) is 33.4 Å². The zero-order valence-corrected chi connectivity index (χ0v) is 19.8. The summed E-state index contributed by atoms with van der Waals surface area (Å²) in [6, 6.07) is 31.2. The van der Waals surface area contributed by atoms with Crippen LogP contribution in [0.2, 0.25) is 0 Å². The molecule has 35 heavy (non-hydrogen) atoms. The van der Waals surface area contributed by atoms with E-state index in [-0.39, 0.29) is 6.61 Å². The van der Waals surface area contributed by atoms with Crippen molar-refractivity contribution in [3.63, 3.8) is 0 Å². The van der Waals surface area contributed by atoms with E-state index in [2.05, 4.69) is 65.2 Å². The van der Waals surface area contributed by atoms with E-state index < -0.39 is 0 Å². The summed E-state index contributed by atoms with van der Waals surface area (Å²) < 4.78 is 4.20. The predicted molar refractivity (Wildman–Crippen MR) is 141 cm³/mol. The van der Waals surface area contributed by atoms with Gasteiger partial charge in [0.1, 0.15) is 11.1 Å². The molecule has 5 rings (SSSR count). The third kappa shape index (κ3) is 4.68. The van der Waals surface area contributed by atoms with Crippen LogP contribution in [0.4, 0.5) is 0 Å². The lowest BCUT2D eigenvalue weighted by Crippen LogP contribution is -2.21. The van der Waals surface area contributed by atoms with Crippen molar-refractivity contribution in [1.29, 1.82) is 5.41 Å². The molecule has 0 bridgehead atoms. The van der Waals surface area contributed by atoms with Gasteiger partial charge >= 0.3 is 0 Å². The molecule has 5 heteroatoms. The lowest BCUT2D eigenvalue weighted by molar-refractivity contribution is 0.281. The fourth-order valence-electron chi connectivity index (χ4n) is 4.73. The Morgan fingerprint density at radius 1 is 0.743 bits per heavy atom. The number of unbranched alkanes of at least 4 members (excludes halogenated alkanes) is 2. The molecule has 0 amide bonds. The monoisotopic (exact) mass is 462 g/mol. The molecule has 2 N–H and O–H groups in total. The zero-order chi connectivity index (χ0) is 24.0. The lowest BCUT2D eigenvalue weighted by atomic mass is 9.99. The van der Waals surface area contributed by atoms with Crippen molar-refractivity contribution in [3.05, 3.63) is 108 Å². The van der Waals surface area contributed by atoms with E-state index in [4.69, 9.17) is 10.1 Å². The van der Waals surface area contributed by atoms with E-state index in [0.717, 1.165) is 52.7 Å². The van der Waals surface area contributed by atoms with Gasteiger partial charge in [-0.1, -0.05) is 91.0 Å². The third-order valence-corrected chi connectivity index (χ3v) is 6.43. The molecular weight excluding hydrogens is 432 g/mol. The normalized spacial score (nSPS) is 11.2. The molecule has 0 unspecified atom stereocenters. The second-order valence-electron chi connectivity index (χ2n) is 8.80. The summed E-state index contributed by atoms with van der Waals surface area (Å²) >= 11 is 0. The van der Waals surface area contributed by atoms with Crippen molar-refractivity contribution in [2.24, 2.45) is 0 Å². The van der Waals surface area contributed by atoms with Crippen molar-refractivity contribution in [1.82, 2.24) is 14.1 Å². The van der Waals surface area contributed by atoms with E-state index in [1.807, 2.05) is 34.9 Å². The van der Waals surface area contributed by atoms with E-state index >= 15 is 0 Å². The fraction of sp³-hybridized carbons (Fsp3) is 0.200. The molecule has 5 aromatic rings. The largest absolute Gasteiger partial charge is 0.396 e. The first-order valence-corrected chi connectivity index (χ1v) is 12.2. The van der Waals surface area contributed by atoms with Gasteiger partial charge in [0.2, 0.25) is 0 Å². The summed E-state index contributed by atoms with van der Waals surface area (Å²) in [6.45, 7) is 1.58. The Labute approximate surface area is 205 Å². The van der Waals surface area contributed by atoms with Gasteiger partial charge in [-0.15, -0.1) is 0 Å². The third-order valence-electron chi connectivity index (χ3n) is 6.43. The number of benzene rings is 3. The second-order valence-corrected chi connectivity index (χ2v) is 8.80. The van der Waals surface area contributed by atoms with Crippen LogP contribution in [-0.2, 0) is 13.1 Å². The van der Waals surface area contributed by atoms with E-state index in [0.29, 0.717) is 18.6 Å². The van der Waals surface area contributed by atoms with Crippen LogP contribution < -0.4 is 5.49 Å². The Morgan fingerprint density at radius 2 is 1.37 bits per heavy atom. The average Bonchev–Trinajstić information content (AvgIpc) is 3.24. The highest BCUT2D eigenvalue weighted by molar-refractivity contribution is 6.02. The summed E-state index contributed by atoms with van der Waals surface area (Å²) in [6.07, 6.45) is 4.41. The van der Waals surface area contributed by atoms with Gasteiger partial charge in [-0.3, -0.25) is 5.41 Å².